The van der Waals surface area contributed by atoms with E-state index < -0.39 is 7.32 Å². The molecule has 2 unspecified atom stereocenters. The minimum Gasteiger partial charge on any atom is -0.402 e. The second kappa shape index (κ2) is 5.93. The van der Waals surface area contributed by atoms with Gasteiger partial charge in [-0.05, 0) is 30.1 Å². The summed E-state index contributed by atoms with van der Waals surface area (Å²) in [6.45, 7) is 13.2. The van der Waals surface area contributed by atoms with Crippen molar-refractivity contribution in [3.63, 3.8) is 0 Å². The predicted molar refractivity (Wildman–Crippen MR) is 75.1 cm³/mol. The van der Waals surface area contributed by atoms with Gasteiger partial charge in [0.15, 0.2) is 0 Å². The fraction of sp³-hybridized carbons (Fsp3) is 1.00. The van der Waals surface area contributed by atoms with E-state index in [-0.39, 0.29) is 23.0 Å². The van der Waals surface area contributed by atoms with Gasteiger partial charge in [-0.2, -0.15) is 0 Å². The van der Waals surface area contributed by atoms with Gasteiger partial charge in [0.1, 0.15) is 0 Å². The quantitative estimate of drug-likeness (QED) is 0.766. The Morgan fingerprint density at radius 3 is 2.22 bits per heavy atom. The van der Waals surface area contributed by atoms with Crippen LogP contribution in [0.5, 0.6) is 0 Å². The molecule has 0 radical (unpaired) electrons. The molecule has 1 aliphatic heterocycles. The normalized spacial score (nSPS) is 26.5. The van der Waals surface area contributed by atoms with Gasteiger partial charge in [0.25, 0.3) is 0 Å². The van der Waals surface area contributed by atoms with Crippen LogP contribution in [-0.4, -0.2) is 24.6 Å². The van der Waals surface area contributed by atoms with Crippen molar-refractivity contribution >= 4 is 7.32 Å². The highest BCUT2D eigenvalue weighted by Crippen LogP contribution is 2.37. The molecule has 1 fully saturated rings. The summed E-state index contributed by atoms with van der Waals surface area (Å²) >= 11 is 0. The second-order valence-electron chi connectivity index (χ2n) is 6.99. The molecule has 18 heavy (non-hydrogen) atoms. The Labute approximate surface area is 112 Å². The van der Waals surface area contributed by atoms with Crippen molar-refractivity contribution in [2.45, 2.75) is 79.4 Å². The number of rotatable bonds is 5. The highest BCUT2D eigenvalue weighted by atomic mass is 16.7. The zero-order valence-corrected chi connectivity index (χ0v) is 12.8. The average Bonchev–Trinajstić information content (AvgIpc) is 2.27. The van der Waals surface area contributed by atoms with Crippen LogP contribution in [0.4, 0.5) is 0 Å². The van der Waals surface area contributed by atoms with Gasteiger partial charge < -0.3 is 14.3 Å². The Kier molecular flexibility index (Phi) is 5.27. The van der Waals surface area contributed by atoms with Crippen LogP contribution < -0.4 is 0 Å². The fourth-order valence-corrected chi connectivity index (χ4v) is 2.31. The Morgan fingerprint density at radius 1 is 1.11 bits per heavy atom. The summed E-state index contributed by atoms with van der Waals surface area (Å²) in [7, 11) is -1.06. The molecule has 0 bridgehead atoms. The van der Waals surface area contributed by atoms with Crippen molar-refractivity contribution < 1.29 is 14.3 Å². The van der Waals surface area contributed by atoms with Crippen LogP contribution in [0.25, 0.3) is 0 Å². The molecule has 1 heterocycles. The summed E-state index contributed by atoms with van der Waals surface area (Å²) in [5, 5.41) is 9.73. The zero-order chi connectivity index (χ0) is 14.0. The van der Waals surface area contributed by atoms with Crippen LogP contribution in [0.3, 0.4) is 0 Å². The fourth-order valence-electron chi connectivity index (χ4n) is 2.31. The van der Waals surface area contributed by atoms with Crippen LogP contribution in [0.2, 0.25) is 0 Å². The summed E-state index contributed by atoms with van der Waals surface area (Å²) < 4.78 is 11.1. The molecule has 1 N–H and O–H groups in total. The van der Waals surface area contributed by atoms with E-state index in [1.54, 1.807) is 0 Å². The van der Waals surface area contributed by atoms with Crippen LogP contribution in [0, 0.1) is 10.8 Å². The van der Waals surface area contributed by atoms with Gasteiger partial charge in [0.2, 0.25) is 0 Å². The molecule has 106 valence electrons. The van der Waals surface area contributed by atoms with Gasteiger partial charge in [0, 0.05) is 6.10 Å². The highest BCUT2D eigenvalue weighted by Gasteiger charge is 2.41. The predicted octanol–water partition coefficient (Wildman–Crippen LogP) is 3.40. The van der Waals surface area contributed by atoms with Gasteiger partial charge in [-0.15, -0.1) is 0 Å². The van der Waals surface area contributed by atoms with Crippen molar-refractivity contribution in [3.8, 4) is 0 Å². The standard InChI is InChI=1S/C14H29BO3/c1-7-13(3,4)10-11-9-12(14(5,6)8-2)18-15(16)17-11/h11-12,16H,7-10H2,1-6H3. The van der Waals surface area contributed by atoms with Gasteiger partial charge in [-0.25, -0.2) is 0 Å². The number of hydrogen-bond donors (Lipinski definition) is 1. The molecule has 4 heteroatoms. The van der Waals surface area contributed by atoms with Gasteiger partial charge in [-0.1, -0.05) is 48.0 Å². The van der Waals surface area contributed by atoms with E-state index >= 15 is 0 Å². The minimum absolute atomic E-state index is 0.0731. The van der Waals surface area contributed by atoms with Crippen LogP contribution in [-0.2, 0) is 9.31 Å². The lowest BCUT2D eigenvalue weighted by atomic mass is 9.76. The molecule has 0 amide bonds. The number of hydrogen-bond acceptors (Lipinski definition) is 3. The first-order valence-corrected chi connectivity index (χ1v) is 7.19. The molecular weight excluding hydrogens is 227 g/mol. The molecule has 0 aromatic heterocycles. The lowest BCUT2D eigenvalue weighted by Crippen LogP contribution is -2.48. The van der Waals surface area contributed by atoms with Crippen molar-refractivity contribution in [1.82, 2.24) is 0 Å². The zero-order valence-electron chi connectivity index (χ0n) is 12.8. The monoisotopic (exact) mass is 256 g/mol. The topological polar surface area (TPSA) is 38.7 Å². The van der Waals surface area contributed by atoms with Crippen LogP contribution in [0.1, 0.15) is 67.2 Å². The summed E-state index contributed by atoms with van der Waals surface area (Å²) in [6.07, 6.45) is 4.17. The molecule has 3 nitrogen and oxygen atoms in total. The van der Waals surface area contributed by atoms with E-state index in [4.69, 9.17) is 9.31 Å². The smallest absolute Gasteiger partial charge is 0.402 e. The minimum atomic E-state index is -1.06. The van der Waals surface area contributed by atoms with E-state index in [2.05, 4.69) is 41.5 Å². The van der Waals surface area contributed by atoms with Gasteiger partial charge in [-0.3, -0.25) is 0 Å². The first-order valence-electron chi connectivity index (χ1n) is 7.19. The van der Waals surface area contributed by atoms with E-state index in [0.717, 1.165) is 25.7 Å². The van der Waals surface area contributed by atoms with Crippen molar-refractivity contribution in [1.29, 1.82) is 0 Å². The molecule has 1 saturated heterocycles. The molecule has 0 aromatic rings. The third-order valence-electron chi connectivity index (χ3n) is 4.59. The van der Waals surface area contributed by atoms with Crippen molar-refractivity contribution in [3.05, 3.63) is 0 Å². The summed E-state index contributed by atoms with van der Waals surface area (Å²) in [4.78, 5) is 0. The molecule has 0 spiro atoms. The Morgan fingerprint density at radius 2 is 1.72 bits per heavy atom. The van der Waals surface area contributed by atoms with Gasteiger partial charge >= 0.3 is 7.32 Å². The first kappa shape index (κ1) is 16.0. The SMILES string of the molecule is CCC(C)(C)CC1CC(C(C)(C)CC)OB(O)O1. The average molecular weight is 256 g/mol. The van der Waals surface area contributed by atoms with E-state index in [1.165, 1.54) is 0 Å². The third-order valence-corrected chi connectivity index (χ3v) is 4.59. The molecule has 0 aliphatic carbocycles. The molecule has 1 aliphatic rings. The summed E-state index contributed by atoms with van der Waals surface area (Å²) in [5.41, 5.74) is 0.335. The second-order valence-corrected chi connectivity index (χ2v) is 6.99. The van der Waals surface area contributed by atoms with E-state index in [9.17, 15) is 5.02 Å². The Bertz CT molecular complexity index is 266. The van der Waals surface area contributed by atoms with Crippen molar-refractivity contribution in [2.24, 2.45) is 10.8 Å². The third kappa shape index (κ3) is 4.25. The molecular formula is C14H29BO3. The van der Waals surface area contributed by atoms with Crippen LogP contribution in [0.15, 0.2) is 0 Å². The van der Waals surface area contributed by atoms with E-state index in [1.807, 2.05) is 0 Å². The highest BCUT2D eigenvalue weighted by molar-refractivity contribution is 6.34. The summed E-state index contributed by atoms with van der Waals surface area (Å²) in [5.74, 6) is 0. The molecule has 0 saturated carbocycles. The maximum absolute atomic E-state index is 9.73. The van der Waals surface area contributed by atoms with E-state index in [0.29, 0.717) is 0 Å². The van der Waals surface area contributed by atoms with Gasteiger partial charge in [0.05, 0.1) is 6.10 Å². The van der Waals surface area contributed by atoms with Crippen LogP contribution >= 0.6 is 0 Å². The maximum Gasteiger partial charge on any atom is 0.637 e. The first-order chi connectivity index (χ1) is 8.20. The lowest BCUT2D eigenvalue weighted by Gasteiger charge is -2.42. The maximum atomic E-state index is 9.73. The lowest BCUT2D eigenvalue weighted by molar-refractivity contribution is -0.0756. The Hall–Kier alpha value is -0.0551. The van der Waals surface area contributed by atoms with Crippen molar-refractivity contribution in [2.75, 3.05) is 0 Å². The largest absolute Gasteiger partial charge is 0.637 e. The Balaban J connectivity index is 2.67. The molecule has 1 rings (SSSR count). The molecule has 0 aromatic carbocycles. The summed E-state index contributed by atoms with van der Waals surface area (Å²) in [6, 6.07) is 0. The molecule has 2 atom stereocenters.